The number of hydrogen-bond donors (Lipinski definition) is 1. The standard InChI is InChI=1S/C20H24N2O9S/c1-12-5-7-17(8-6-12)32(26,27)22-21-10-16-9-18(29-14(3)24)20(30-15(4)25)19(31-16)11-28-13(2)23/h5-10,18-20,22H,11H2,1-4H3/b21-10+/t18-,19-,20-/m1/s1. The predicted molar refractivity (Wildman–Crippen MR) is 111 cm³/mol. The summed E-state index contributed by atoms with van der Waals surface area (Å²) >= 11 is 0. The minimum Gasteiger partial charge on any atom is -0.481 e. The molecular weight excluding hydrogens is 444 g/mol. The van der Waals surface area contributed by atoms with Crippen molar-refractivity contribution < 1.29 is 41.7 Å². The van der Waals surface area contributed by atoms with Gasteiger partial charge in [0.05, 0.1) is 11.1 Å². The molecule has 0 saturated heterocycles. The molecule has 174 valence electrons. The highest BCUT2D eigenvalue weighted by Crippen LogP contribution is 2.23. The van der Waals surface area contributed by atoms with Crippen LogP contribution in [0.1, 0.15) is 26.3 Å². The Bertz CT molecular complexity index is 1020. The van der Waals surface area contributed by atoms with Crippen molar-refractivity contribution in [2.24, 2.45) is 5.10 Å². The summed E-state index contributed by atoms with van der Waals surface area (Å²) in [5.74, 6) is -1.92. The van der Waals surface area contributed by atoms with Crippen LogP contribution >= 0.6 is 0 Å². The number of allylic oxidation sites excluding steroid dienone is 1. The maximum atomic E-state index is 12.3. The summed E-state index contributed by atoms with van der Waals surface area (Å²) in [5.41, 5.74) is 0.894. The molecule has 0 fully saturated rings. The maximum Gasteiger partial charge on any atom is 0.303 e. The van der Waals surface area contributed by atoms with Gasteiger partial charge in [-0.25, -0.2) is 0 Å². The molecule has 2 rings (SSSR count). The van der Waals surface area contributed by atoms with E-state index in [9.17, 15) is 22.8 Å². The van der Waals surface area contributed by atoms with Gasteiger partial charge in [-0.2, -0.15) is 18.4 Å². The lowest BCUT2D eigenvalue weighted by molar-refractivity contribution is -0.179. The zero-order valence-electron chi connectivity index (χ0n) is 17.9. The first-order chi connectivity index (χ1) is 15.0. The molecule has 0 amide bonds. The van der Waals surface area contributed by atoms with E-state index in [1.165, 1.54) is 32.1 Å². The Morgan fingerprint density at radius 3 is 2.25 bits per heavy atom. The van der Waals surface area contributed by atoms with Crippen LogP contribution in [0.15, 0.2) is 46.1 Å². The molecule has 1 aliphatic heterocycles. The van der Waals surface area contributed by atoms with Crippen LogP contribution in [0.25, 0.3) is 0 Å². The molecule has 3 atom stereocenters. The summed E-state index contributed by atoms with van der Waals surface area (Å²) in [7, 11) is -3.93. The van der Waals surface area contributed by atoms with Crippen molar-refractivity contribution in [1.82, 2.24) is 4.83 Å². The molecule has 0 unspecified atom stereocenters. The van der Waals surface area contributed by atoms with E-state index in [0.29, 0.717) is 0 Å². The summed E-state index contributed by atoms with van der Waals surface area (Å²) in [6.45, 7) is 5.02. The van der Waals surface area contributed by atoms with Crippen LogP contribution in [0.3, 0.4) is 0 Å². The molecule has 0 aliphatic carbocycles. The number of carbonyl (C=O) groups is 3. The Morgan fingerprint density at radius 2 is 1.69 bits per heavy atom. The van der Waals surface area contributed by atoms with Gasteiger partial charge in [-0.1, -0.05) is 17.7 Å². The first-order valence-electron chi connectivity index (χ1n) is 9.46. The van der Waals surface area contributed by atoms with Crippen molar-refractivity contribution in [2.75, 3.05) is 6.61 Å². The van der Waals surface area contributed by atoms with E-state index in [0.717, 1.165) is 18.7 Å². The summed E-state index contributed by atoms with van der Waals surface area (Å²) in [6.07, 6.45) is -0.874. The second kappa shape index (κ2) is 10.8. The molecular formula is C20H24N2O9S. The Hall–Kier alpha value is -3.41. The monoisotopic (exact) mass is 468 g/mol. The molecule has 0 spiro atoms. The van der Waals surface area contributed by atoms with Crippen LogP contribution in [0, 0.1) is 6.92 Å². The van der Waals surface area contributed by atoms with E-state index in [1.54, 1.807) is 12.1 Å². The number of carbonyl (C=O) groups excluding carboxylic acids is 3. The van der Waals surface area contributed by atoms with Gasteiger partial charge in [0.15, 0.2) is 18.3 Å². The number of hydrogen-bond acceptors (Lipinski definition) is 10. The molecule has 1 N–H and O–H groups in total. The van der Waals surface area contributed by atoms with Gasteiger partial charge in [-0.15, -0.1) is 0 Å². The average Bonchev–Trinajstić information content (AvgIpc) is 2.68. The second-order valence-corrected chi connectivity index (χ2v) is 8.50. The number of nitrogens with one attached hydrogen (secondary N) is 1. The highest BCUT2D eigenvalue weighted by molar-refractivity contribution is 7.89. The van der Waals surface area contributed by atoms with Gasteiger partial charge in [-0.05, 0) is 19.1 Å². The van der Waals surface area contributed by atoms with Crippen LogP contribution < -0.4 is 4.83 Å². The van der Waals surface area contributed by atoms with Crippen LogP contribution in [0.4, 0.5) is 0 Å². The first kappa shape index (κ1) is 24.9. The third-order valence-corrected chi connectivity index (χ3v) is 5.30. The summed E-state index contributed by atoms with van der Waals surface area (Å²) < 4.78 is 45.6. The molecule has 0 radical (unpaired) electrons. The number of ether oxygens (including phenoxy) is 4. The minimum absolute atomic E-state index is 0.00316. The maximum absolute atomic E-state index is 12.3. The minimum atomic E-state index is -3.93. The highest BCUT2D eigenvalue weighted by Gasteiger charge is 2.40. The zero-order valence-corrected chi connectivity index (χ0v) is 18.7. The Kier molecular flexibility index (Phi) is 8.35. The molecule has 1 aromatic carbocycles. The summed E-state index contributed by atoms with van der Waals surface area (Å²) in [6, 6.07) is 6.14. The summed E-state index contributed by atoms with van der Waals surface area (Å²) in [4.78, 5) is 36.3. The lowest BCUT2D eigenvalue weighted by atomic mass is 10.0. The van der Waals surface area contributed by atoms with Gasteiger partial charge in [0.2, 0.25) is 0 Å². The number of benzene rings is 1. The molecule has 0 saturated carbocycles. The Balaban J connectivity index is 2.24. The van der Waals surface area contributed by atoms with Crippen molar-refractivity contribution in [3.05, 3.63) is 41.7 Å². The van der Waals surface area contributed by atoms with E-state index in [-0.39, 0.29) is 17.3 Å². The molecule has 12 heteroatoms. The fourth-order valence-corrected chi connectivity index (χ4v) is 3.50. The van der Waals surface area contributed by atoms with Crippen LogP contribution in [0.2, 0.25) is 0 Å². The topological polar surface area (TPSA) is 147 Å². The summed E-state index contributed by atoms with van der Waals surface area (Å²) in [5, 5.41) is 3.68. The van der Waals surface area contributed by atoms with Crippen molar-refractivity contribution in [3.63, 3.8) is 0 Å². The van der Waals surface area contributed by atoms with E-state index < -0.39 is 46.2 Å². The average molecular weight is 468 g/mol. The van der Waals surface area contributed by atoms with E-state index >= 15 is 0 Å². The van der Waals surface area contributed by atoms with Crippen molar-refractivity contribution in [1.29, 1.82) is 0 Å². The first-order valence-corrected chi connectivity index (χ1v) is 10.9. The van der Waals surface area contributed by atoms with Crippen LogP contribution in [-0.4, -0.2) is 57.5 Å². The SMILES string of the molecule is CC(=O)OC[C@H]1OC(/C=N/NS(=O)(=O)c2ccc(C)cc2)=C[C@@H](OC(C)=O)[C@H]1OC(C)=O. The number of sulfonamides is 1. The van der Waals surface area contributed by atoms with Crippen molar-refractivity contribution in [3.8, 4) is 0 Å². The zero-order chi connectivity index (χ0) is 23.9. The normalized spacial score (nSPS) is 20.6. The smallest absolute Gasteiger partial charge is 0.303 e. The fraction of sp³-hybridized carbons (Fsp3) is 0.400. The fourth-order valence-electron chi connectivity index (χ4n) is 2.71. The number of nitrogens with zero attached hydrogens (tertiary/aromatic N) is 1. The molecule has 0 bridgehead atoms. The molecule has 1 heterocycles. The largest absolute Gasteiger partial charge is 0.481 e. The number of hydrazone groups is 1. The molecule has 32 heavy (non-hydrogen) atoms. The molecule has 0 aromatic heterocycles. The van der Waals surface area contributed by atoms with Crippen LogP contribution in [-0.2, 0) is 43.4 Å². The van der Waals surface area contributed by atoms with E-state index in [1.807, 2.05) is 11.8 Å². The Morgan fingerprint density at radius 1 is 1.06 bits per heavy atom. The third-order valence-electron chi connectivity index (χ3n) is 4.06. The lowest BCUT2D eigenvalue weighted by Gasteiger charge is -2.34. The molecule has 1 aromatic rings. The van der Waals surface area contributed by atoms with Crippen molar-refractivity contribution >= 4 is 34.1 Å². The molecule has 11 nitrogen and oxygen atoms in total. The predicted octanol–water partition coefficient (Wildman–Crippen LogP) is 0.968. The number of rotatable bonds is 8. The van der Waals surface area contributed by atoms with Gasteiger partial charge in [0.25, 0.3) is 10.0 Å². The highest BCUT2D eigenvalue weighted by atomic mass is 32.2. The number of esters is 3. The quantitative estimate of drug-likeness (QED) is 0.255. The van der Waals surface area contributed by atoms with Gasteiger partial charge in [-0.3, -0.25) is 14.4 Å². The van der Waals surface area contributed by atoms with Gasteiger partial charge >= 0.3 is 17.9 Å². The van der Waals surface area contributed by atoms with Gasteiger partial charge < -0.3 is 18.9 Å². The van der Waals surface area contributed by atoms with E-state index in [4.69, 9.17) is 18.9 Å². The molecule has 1 aliphatic rings. The third kappa shape index (κ3) is 7.38. The van der Waals surface area contributed by atoms with E-state index in [2.05, 4.69) is 5.10 Å². The second-order valence-electron chi connectivity index (χ2n) is 6.84. The van der Waals surface area contributed by atoms with Crippen LogP contribution in [0.5, 0.6) is 0 Å². The Labute approximate surface area is 185 Å². The van der Waals surface area contributed by atoms with Crippen molar-refractivity contribution in [2.45, 2.75) is 50.9 Å². The number of aryl methyl sites for hydroxylation is 1. The lowest BCUT2D eigenvalue weighted by Crippen LogP contribution is -2.48. The van der Waals surface area contributed by atoms with Gasteiger partial charge in [0, 0.05) is 26.8 Å². The van der Waals surface area contributed by atoms with Gasteiger partial charge in [0.1, 0.15) is 12.4 Å².